The van der Waals surface area contributed by atoms with Crippen molar-refractivity contribution in [2.45, 2.75) is 25.8 Å². The molecule has 1 aromatic heterocycles. The minimum absolute atomic E-state index is 0.0129. The van der Waals surface area contributed by atoms with E-state index in [1.807, 2.05) is 83.3 Å². The molecule has 1 amide bonds. The number of rotatable bonds is 12. The third-order valence-corrected chi connectivity index (χ3v) is 7.47. The van der Waals surface area contributed by atoms with E-state index in [4.69, 9.17) is 4.74 Å². The third kappa shape index (κ3) is 7.05. The number of nitrogens with zero attached hydrogens (tertiary/aromatic N) is 2. The molecule has 0 atom stereocenters. The van der Waals surface area contributed by atoms with Crippen LogP contribution in [0.1, 0.15) is 46.3 Å². The molecule has 0 saturated carbocycles. The standard InChI is InChI=1S/C37H36N2O3/c1-2-42-36(40)28-39-27-24-34-31(20-12-22-35(34)39)21-13-25-38(37(41)32-18-10-5-11-19-32)26-23-33(29-14-6-3-7-15-29)30-16-8-4-9-17-30/h3-22,24,27,33H,2,23,25-26,28H2,1H3. The maximum atomic E-state index is 13.7. The highest BCUT2D eigenvalue weighted by molar-refractivity contribution is 5.94. The number of aromatic nitrogens is 1. The predicted molar refractivity (Wildman–Crippen MR) is 169 cm³/mol. The molecule has 42 heavy (non-hydrogen) atoms. The number of fused-ring (bicyclic) bond motifs is 1. The summed E-state index contributed by atoms with van der Waals surface area (Å²) in [7, 11) is 0. The van der Waals surface area contributed by atoms with E-state index < -0.39 is 0 Å². The van der Waals surface area contributed by atoms with Crippen molar-refractivity contribution in [1.29, 1.82) is 0 Å². The summed E-state index contributed by atoms with van der Waals surface area (Å²) in [5.41, 5.74) is 5.17. The third-order valence-electron chi connectivity index (χ3n) is 7.47. The van der Waals surface area contributed by atoms with Crippen LogP contribution in [0.4, 0.5) is 0 Å². The molecule has 0 aliphatic carbocycles. The maximum Gasteiger partial charge on any atom is 0.325 e. The number of hydrogen-bond donors (Lipinski definition) is 0. The second-order valence-electron chi connectivity index (χ2n) is 10.2. The normalized spacial score (nSPS) is 11.3. The van der Waals surface area contributed by atoms with Gasteiger partial charge in [0.05, 0.1) is 6.61 Å². The molecule has 212 valence electrons. The molecule has 0 fully saturated rings. The van der Waals surface area contributed by atoms with Crippen LogP contribution in [-0.4, -0.2) is 41.0 Å². The van der Waals surface area contributed by atoms with E-state index in [1.165, 1.54) is 11.1 Å². The summed E-state index contributed by atoms with van der Waals surface area (Å²) in [5.74, 6) is -0.0652. The molecule has 1 heterocycles. The molecular weight excluding hydrogens is 520 g/mol. The number of esters is 1. The van der Waals surface area contributed by atoms with Crippen LogP contribution >= 0.6 is 0 Å². The van der Waals surface area contributed by atoms with Crippen molar-refractivity contribution in [2.24, 2.45) is 0 Å². The summed E-state index contributed by atoms with van der Waals surface area (Å²) in [6.45, 7) is 3.43. The van der Waals surface area contributed by atoms with E-state index in [1.54, 1.807) is 0 Å². The lowest BCUT2D eigenvalue weighted by Gasteiger charge is -2.25. The average Bonchev–Trinajstić information content (AvgIpc) is 3.44. The van der Waals surface area contributed by atoms with Gasteiger partial charge in [0, 0.05) is 41.7 Å². The molecule has 0 bridgehead atoms. The Balaban J connectivity index is 1.37. The first kappa shape index (κ1) is 28.6. The van der Waals surface area contributed by atoms with Crippen molar-refractivity contribution >= 4 is 28.9 Å². The summed E-state index contributed by atoms with van der Waals surface area (Å²) in [6, 6.07) is 38.5. The van der Waals surface area contributed by atoms with Crippen LogP contribution in [0, 0.1) is 0 Å². The minimum Gasteiger partial charge on any atom is -0.465 e. The Kier molecular flexibility index (Phi) is 9.63. The van der Waals surface area contributed by atoms with Gasteiger partial charge >= 0.3 is 5.97 Å². The van der Waals surface area contributed by atoms with Gasteiger partial charge in [-0.1, -0.05) is 103 Å². The first-order valence-electron chi connectivity index (χ1n) is 14.5. The fourth-order valence-corrected chi connectivity index (χ4v) is 5.40. The SMILES string of the molecule is CCOC(=O)Cn1ccc2c(C=CCN(CCC(c3ccccc3)c3ccccc3)C(=O)c3ccccc3)cccc21. The van der Waals surface area contributed by atoms with Gasteiger partial charge in [0.2, 0.25) is 0 Å². The van der Waals surface area contributed by atoms with Gasteiger partial charge in [-0.05, 0) is 54.3 Å². The van der Waals surface area contributed by atoms with Gasteiger partial charge in [0.25, 0.3) is 5.91 Å². The fourth-order valence-electron chi connectivity index (χ4n) is 5.40. The Morgan fingerprint density at radius 3 is 2.10 bits per heavy atom. The van der Waals surface area contributed by atoms with Crippen molar-refractivity contribution in [3.63, 3.8) is 0 Å². The van der Waals surface area contributed by atoms with E-state index in [0.29, 0.717) is 25.3 Å². The van der Waals surface area contributed by atoms with E-state index in [0.717, 1.165) is 22.9 Å². The van der Waals surface area contributed by atoms with Crippen molar-refractivity contribution in [3.05, 3.63) is 150 Å². The van der Waals surface area contributed by atoms with E-state index >= 15 is 0 Å². The molecule has 5 heteroatoms. The monoisotopic (exact) mass is 556 g/mol. The lowest BCUT2D eigenvalue weighted by atomic mass is 9.88. The molecule has 5 aromatic rings. The van der Waals surface area contributed by atoms with Crippen LogP contribution in [0.2, 0.25) is 0 Å². The Labute approximate surface area is 247 Å². The smallest absolute Gasteiger partial charge is 0.325 e. The maximum absolute atomic E-state index is 13.7. The van der Waals surface area contributed by atoms with Gasteiger partial charge in [-0.25, -0.2) is 0 Å². The van der Waals surface area contributed by atoms with Crippen molar-refractivity contribution < 1.29 is 14.3 Å². The topological polar surface area (TPSA) is 51.5 Å². The van der Waals surface area contributed by atoms with Crippen molar-refractivity contribution in [1.82, 2.24) is 9.47 Å². The van der Waals surface area contributed by atoms with Crippen LogP contribution in [0.5, 0.6) is 0 Å². The summed E-state index contributed by atoms with van der Waals surface area (Å²) in [5, 5.41) is 1.05. The van der Waals surface area contributed by atoms with Crippen LogP contribution < -0.4 is 0 Å². The van der Waals surface area contributed by atoms with Gasteiger partial charge in [-0.15, -0.1) is 0 Å². The number of benzene rings is 4. The molecule has 0 saturated heterocycles. The number of ether oxygens (including phenoxy) is 1. The average molecular weight is 557 g/mol. The first-order chi connectivity index (χ1) is 20.6. The van der Waals surface area contributed by atoms with Crippen LogP contribution in [-0.2, 0) is 16.1 Å². The van der Waals surface area contributed by atoms with Gasteiger partial charge in [-0.3, -0.25) is 9.59 Å². The largest absolute Gasteiger partial charge is 0.465 e. The Hall–Kier alpha value is -4.90. The fraction of sp³-hybridized carbons (Fsp3) is 0.189. The molecule has 4 aromatic carbocycles. The molecule has 0 aliphatic heterocycles. The van der Waals surface area contributed by atoms with E-state index in [2.05, 4.69) is 66.7 Å². The predicted octanol–water partition coefficient (Wildman–Crippen LogP) is 7.58. The lowest BCUT2D eigenvalue weighted by Crippen LogP contribution is -2.33. The van der Waals surface area contributed by atoms with Gasteiger partial charge in [0.15, 0.2) is 0 Å². The summed E-state index contributed by atoms with van der Waals surface area (Å²) in [6.07, 6.45) is 6.83. The summed E-state index contributed by atoms with van der Waals surface area (Å²) < 4.78 is 7.04. The number of amides is 1. The molecule has 5 rings (SSSR count). The molecular formula is C37H36N2O3. The zero-order valence-corrected chi connectivity index (χ0v) is 23.9. The summed E-state index contributed by atoms with van der Waals surface area (Å²) in [4.78, 5) is 27.7. The first-order valence-corrected chi connectivity index (χ1v) is 14.5. The zero-order valence-electron chi connectivity index (χ0n) is 23.9. The number of hydrogen-bond acceptors (Lipinski definition) is 3. The molecule has 0 aliphatic rings. The van der Waals surface area contributed by atoms with Crippen molar-refractivity contribution in [2.75, 3.05) is 19.7 Å². The zero-order chi connectivity index (χ0) is 29.1. The number of carbonyl (C=O) groups is 2. The molecule has 0 N–H and O–H groups in total. The van der Waals surface area contributed by atoms with Crippen LogP contribution in [0.3, 0.4) is 0 Å². The number of carbonyl (C=O) groups excluding carboxylic acids is 2. The van der Waals surface area contributed by atoms with Crippen molar-refractivity contribution in [3.8, 4) is 0 Å². The summed E-state index contributed by atoms with van der Waals surface area (Å²) >= 11 is 0. The Morgan fingerprint density at radius 1 is 0.810 bits per heavy atom. The minimum atomic E-state index is -0.254. The Morgan fingerprint density at radius 2 is 1.45 bits per heavy atom. The molecule has 0 spiro atoms. The second-order valence-corrected chi connectivity index (χ2v) is 10.2. The van der Waals surface area contributed by atoms with Gasteiger partial charge < -0.3 is 14.2 Å². The van der Waals surface area contributed by atoms with Crippen LogP contribution in [0.15, 0.2) is 128 Å². The van der Waals surface area contributed by atoms with E-state index in [-0.39, 0.29) is 24.3 Å². The highest BCUT2D eigenvalue weighted by Crippen LogP contribution is 2.28. The molecule has 0 radical (unpaired) electrons. The Bertz CT molecular complexity index is 1590. The van der Waals surface area contributed by atoms with Gasteiger partial charge in [0.1, 0.15) is 6.54 Å². The second kappa shape index (κ2) is 14.1. The van der Waals surface area contributed by atoms with Gasteiger partial charge in [-0.2, -0.15) is 0 Å². The van der Waals surface area contributed by atoms with Crippen LogP contribution in [0.25, 0.3) is 17.0 Å². The molecule has 0 unspecified atom stereocenters. The highest BCUT2D eigenvalue weighted by Gasteiger charge is 2.19. The molecule has 5 nitrogen and oxygen atoms in total. The highest BCUT2D eigenvalue weighted by atomic mass is 16.5. The quantitative estimate of drug-likeness (QED) is 0.149. The lowest BCUT2D eigenvalue weighted by molar-refractivity contribution is -0.143. The van der Waals surface area contributed by atoms with E-state index in [9.17, 15) is 9.59 Å².